The summed E-state index contributed by atoms with van der Waals surface area (Å²) in [5, 5.41) is 0. The van der Waals surface area contributed by atoms with Gasteiger partial charge in [-0.15, -0.1) is 0 Å². The summed E-state index contributed by atoms with van der Waals surface area (Å²) in [6, 6.07) is 0. The topological polar surface area (TPSA) is 26.0 Å². The monoisotopic (exact) mass is 211 g/mol. The highest BCUT2D eigenvalue weighted by Gasteiger charge is 2.24. The maximum atomic E-state index is 12.8. The second-order valence-electron chi connectivity index (χ2n) is 2.59. The van der Waals surface area contributed by atoms with E-state index in [4.69, 9.17) is 5.73 Å². The van der Waals surface area contributed by atoms with Gasteiger partial charge in [-0.3, -0.25) is 0 Å². The lowest BCUT2D eigenvalue weighted by Gasteiger charge is -2.06. The van der Waals surface area contributed by atoms with Crippen LogP contribution in [0.25, 0.3) is 0 Å². The van der Waals surface area contributed by atoms with Crippen LogP contribution in [-0.4, -0.2) is 6.54 Å². The minimum atomic E-state index is -2.15. The molecular formula is C8H6F5N. The molecule has 0 atom stereocenters. The molecule has 0 aliphatic carbocycles. The summed E-state index contributed by atoms with van der Waals surface area (Å²) in [6.07, 6.45) is -0.397. The van der Waals surface area contributed by atoms with Crippen LogP contribution in [0.5, 0.6) is 0 Å². The summed E-state index contributed by atoms with van der Waals surface area (Å²) in [6.45, 7) is -0.196. The number of hydrogen-bond acceptors (Lipinski definition) is 1. The fraction of sp³-hybridized carbons (Fsp3) is 0.250. The van der Waals surface area contributed by atoms with Crippen LogP contribution in [0.15, 0.2) is 0 Å². The molecular weight excluding hydrogens is 205 g/mol. The van der Waals surface area contributed by atoms with Crippen LogP contribution in [0.4, 0.5) is 22.0 Å². The van der Waals surface area contributed by atoms with Gasteiger partial charge in [0.05, 0.1) is 0 Å². The van der Waals surface area contributed by atoms with Gasteiger partial charge in [0.2, 0.25) is 5.82 Å². The van der Waals surface area contributed by atoms with Gasteiger partial charge in [0.25, 0.3) is 0 Å². The molecule has 0 aliphatic rings. The first kappa shape index (κ1) is 10.9. The van der Waals surface area contributed by atoms with Gasteiger partial charge in [-0.1, -0.05) is 0 Å². The van der Waals surface area contributed by atoms with E-state index >= 15 is 0 Å². The van der Waals surface area contributed by atoms with Crippen molar-refractivity contribution in [1.29, 1.82) is 0 Å². The van der Waals surface area contributed by atoms with Gasteiger partial charge >= 0.3 is 0 Å². The van der Waals surface area contributed by atoms with E-state index in [0.717, 1.165) is 0 Å². The Balaban J connectivity index is 3.43. The minimum absolute atomic E-state index is 0.196. The second kappa shape index (κ2) is 3.91. The van der Waals surface area contributed by atoms with Crippen LogP contribution in [0.3, 0.4) is 0 Å². The Morgan fingerprint density at radius 1 is 0.714 bits per heavy atom. The first-order chi connectivity index (χ1) is 6.50. The zero-order valence-corrected chi connectivity index (χ0v) is 6.88. The molecule has 0 heterocycles. The average Bonchev–Trinajstić information content (AvgIpc) is 2.19. The van der Waals surface area contributed by atoms with E-state index in [2.05, 4.69) is 0 Å². The third kappa shape index (κ3) is 1.57. The van der Waals surface area contributed by atoms with Crippen LogP contribution < -0.4 is 5.73 Å². The Bertz CT molecular complexity index is 334. The van der Waals surface area contributed by atoms with Crippen LogP contribution in [0, 0.1) is 29.1 Å². The molecule has 1 rings (SSSR count). The first-order valence-electron chi connectivity index (χ1n) is 3.71. The summed E-state index contributed by atoms with van der Waals surface area (Å²) in [5.41, 5.74) is 4.09. The Labute approximate surface area is 76.3 Å². The van der Waals surface area contributed by atoms with E-state index in [1.165, 1.54) is 0 Å². The van der Waals surface area contributed by atoms with E-state index in [-0.39, 0.29) is 6.54 Å². The van der Waals surface area contributed by atoms with Crippen molar-refractivity contribution < 1.29 is 22.0 Å². The maximum Gasteiger partial charge on any atom is 0.200 e. The number of rotatable bonds is 2. The molecule has 0 bridgehead atoms. The zero-order chi connectivity index (χ0) is 10.9. The molecule has 0 fully saturated rings. The fourth-order valence-corrected chi connectivity index (χ4v) is 1.01. The SMILES string of the molecule is NCCc1c(F)c(F)c(F)c(F)c1F. The summed E-state index contributed by atoms with van der Waals surface area (Å²) in [7, 11) is 0. The molecule has 1 nitrogen and oxygen atoms in total. The Morgan fingerprint density at radius 3 is 1.43 bits per heavy atom. The van der Waals surface area contributed by atoms with Crippen molar-refractivity contribution >= 4 is 0 Å². The standard InChI is InChI=1S/C8H6F5N/c9-4-3(1-2-14)5(10)7(12)8(13)6(4)11/h1-2,14H2. The van der Waals surface area contributed by atoms with Gasteiger partial charge in [-0.25, -0.2) is 22.0 Å². The van der Waals surface area contributed by atoms with Crippen LogP contribution in [0.2, 0.25) is 0 Å². The number of halogens is 5. The van der Waals surface area contributed by atoms with E-state index in [1.807, 2.05) is 0 Å². The lowest BCUT2D eigenvalue weighted by atomic mass is 10.1. The van der Waals surface area contributed by atoms with Crippen molar-refractivity contribution in [2.24, 2.45) is 5.73 Å². The predicted octanol–water partition coefficient (Wildman–Crippen LogP) is 1.88. The summed E-state index contributed by atoms with van der Waals surface area (Å²) in [5.74, 6) is -9.65. The fourth-order valence-electron chi connectivity index (χ4n) is 1.01. The molecule has 0 aromatic heterocycles. The quantitative estimate of drug-likeness (QED) is 0.451. The van der Waals surface area contributed by atoms with Crippen molar-refractivity contribution in [2.45, 2.75) is 6.42 Å². The maximum absolute atomic E-state index is 12.8. The van der Waals surface area contributed by atoms with Crippen LogP contribution in [0.1, 0.15) is 5.56 Å². The zero-order valence-electron chi connectivity index (χ0n) is 6.88. The molecule has 0 unspecified atom stereocenters. The number of hydrogen-bond donors (Lipinski definition) is 1. The Kier molecular flexibility index (Phi) is 3.05. The molecule has 78 valence electrons. The molecule has 0 amide bonds. The largest absolute Gasteiger partial charge is 0.330 e. The van der Waals surface area contributed by atoms with Gasteiger partial charge in [0.1, 0.15) is 0 Å². The van der Waals surface area contributed by atoms with Crippen LogP contribution >= 0.6 is 0 Å². The molecule has 1 aromatic rings. The third-order valence-corrected chi connectivity index (χ3v) is 1.70. The van der Waals surface area contributed by atoms with Gasteiger partial charge < -0.3 is 5.73 Å². The molecule has 0 aliphatic heterocycles. The van der Waals surface area contributed by atoms with Gasteiger partial charge in [0.15, 0.2) is 23.3 Å². The highest BCUT2D eigenvalue weighted by atomic mass is 19.2. The lowest BCUT2D eigenvalue weighted by Crippen LogP contribution is -2.11. The molecule has 1 aromatic carbocycles. The van der Waals surface area contributed by atoms with Crippen molar-refractivity contribution in [3.63, 3.8) is 0 Å². The van der Waals surface area contributed by atoms with E-state index in [1.54, 1.807) is 0 Å². The van der Waals surface area contributed by atoms with Gasteiger partial charge in [-0.05, 0) is 13.0 Å². The van der Waals surface area contributed by atoms with E-state index in [0.29, 0.717) is 0 Å². The first-order valence-corrected chi connectivity index (χ1v) is 3.71. The van der Waals surface area contributed by atoms with Crippen molar-refractivity contribution in [1.82, 2.24) is 0 Å². The Morgan fingerprint density at radius 2 is 1.07 bits per heavy atom. The molecule has 0 saturated carbocycles. The van der Waals surface area contributed by atoms with E-state index in [9.17, 15) is 22.0 Å². The third-order valence-electron chi connectivity index (χ3n) is 1.70. The normalized spacial score (nSPS) is 10.7. The number of benzene rings is 1. The molecule has 0 spiro atoms. The van der Waals surface area contributed by atoms with Crippen LogP contribution in [-0.2, 0) is 6.42 Å². The molecule has 14 heavy (non-hydrogen) atoms. The van der Waals surface area contributed by atoms with Crippen molar-refractivity contribution in [2.75, 3.05) is 6.54 Å². The lowest BCUT2D eigenvalue weighted by molar-refractivity contribution is 0.370. The smallest absolute Gasteiger partial charge is 0.200 e. The highest BCUT2D eigenvalue weighted by molar-refractivity contribution is 5.24. The van der Waals surface area contributed by atoms with E-state index < -0.39 is 41.1 Å². The molecule has 2 N–H and O–H groups in total. The summed E-state index contributed by atoms with van der Waals surface area (Å²) in [4.78, 5) is 0. The van der Waals surface area contributed by atoms with Gasteiger partial charge in [-0.2, -0.15) is 0 Å². The van der Waals surface area contributed by atoms with Crippen molar-refractivity contribution in [3.8, 4) is 0 Å². The summed E-state index contributed by atoms with van der Waals surface area (Å²) >= 11 is 0. The predicted molar refractivity (Wildman–Crippen MR) is 39.0 cm³/mol. The summed E-state index contributed by atoms with van der Waals surface area (Å²) < 4.78 is 63.2. The molecule has 6 heteroatoms. The van der Waals surface area contributed by atoms with Gasteiger partial charge in [0, 0.05) is 5.56 Å². The number of nitrogens with two attached hydrogens (primary N) is 1. The minimum Gasteiger partial charge on any atom is -0.330 e. The second-order valence-corrected chi connectivity index (χ2v) is 2.59. The average molecular weight is 211 g/mol. The Hall–Kier alpha value is -1.17. The molecule has 0 radical (unpaired) electrons. The van der Waals surface area contributed by atoms with Crippen molar-refractivity contribution in [3.05, 3.63) is 34.6 Å². The molecule has 0 saturated heterocycles. The highest BCUT2D eigenvalue weighted by Crippen LogP contribution is 2.22.